The van der Waals surface area contributed by atoms with Crippen LogP contribution in [0.25, 0.3) is 0 Å². The Labute approximate surface area is 269 Å². The highest BCUT2D eigenvalue weighted by Crippen LogP contribution is 2.33. The summed E-state index contributed by atoms with van der Waals surface area (Å²) in [6.45, 7) is 10.1. The summed E-state index contributed by atoms with van der Waals surface area (Å²) in [5, 5.41) is 81.5. The van der Waals surface area contributed by atoms with Crippen molar-refractivity contribution in [1.29, 1.82) is 0 Å². The molecule has 2 saturated heterocycles. The van der Waals surface area contributed by atoms with Crippen LogP contribution in [0.2, 0.25) is 0 Å². The number of rotatable bonds is 18. The first-order valence-electron chi connectivity index (χ1n) is 15.4. The maximum atomic E-state index is 10.9. The zero-order valence-corrected chi connectivity index (χ0v) is 26.9. The molecule has 2 aliphatic rings. The van der Waals surface area contributed by atoms with E-state index in [1.165, 1.54) is 6.08 Å². The van der Waals surface area contributed by atoms with Gasteiger partial charge in [0, 0.05) is 0 Å². The zero-order valence-electron chi connectivity index (χ0n) is 26.9. The lowest BCUT2D eigenvalue weighted by Crippen LogP contribution is -2.65. The lowest BCUT2D eigenvalue weighted by atomic mass is 9.95. The van der Waals surface area contributed by atoms with Crippen molar-refractivity contribution >= 4 is 6.47 Å². The fourth-order valence-corrected chi connectivity index (χ4v) is 5.22. The van der Waals surface area contributed by atoms with Gasteiger partial charge in [-0.15, -0.1) is 6.58 Å². The second kappa shape index (κ2) is 19.1. The average Bonchev–Trinajstić information content (AvgIpc) is 3.00. The van der Waals surface area contributed by atoms with Gasteiger partial charge in [0.05, 0.1) is 24.9 Å². The lowest BCUT2D eigenvalue weighted by molar-refractivity contribution is -0.375. The Morgan fingerprint density at radius 3 is 2.04 bits per heavy atom. The van der Waals surface area contributed by atoms with Gasteiger partial charge in [0.15, 0.2) is 12.6 Å². The van der Waals surface area contributed by atoms with Gasteiger partial charge in [-0.3, -0.25) is 4.79 Å². The number of hydrogen-bond donors (Lipinski definition) is 8. The third-order valence-electron chi connectivity index (χ3n) is 8.14. The fraction of sp³-hybridized carbons (Fsp3) is 0.719. The number of carbonyl (C=O) groups excluding carboxylic acids is 1. The minimum atomic E-state index is -1.77. The van der Waals surface area contributed by atoms with Crippen LogP contribution in [0.1, 0.15) is 59.8 Å². The molecule has 2 fully saturated rings. The van der Waals surface area contributed by atoms with Gasteiger partial charge in [-0.25, -0.2) is 0 Å². The van der Waals surface area contributed by atoms with Crippen molar-refractivity contribution in [3.8, 4) is 0 Å². The van der Waals surface area contributed by atoms with Crippen LogP contribution in [0.4, 0.5) is 0 Å². The van der Waals surface area contributed by atoms with E-state index < -0.39 is 86.3 Å². The number of ether oxygens (including phenoxy) is 5. The Bertz CT molecular complexity index is 1040. The lowest BCUT2D eigenvalue weighted by Gasteiger charge is -2.47. The fourth-order valence-electron chi connectivity index (χ4n) is 5.22. The predicted molar refractivity (Wildman–Crippen MR) is 164 cm³/mol. The molecule has 0 aromatic carbocycles. The summed E-state index contributed by atoms with van der Waals surface area (Å²) in [4.78, 5) is 10.4. The molecule has 12 atom stereocenters. The van der Waals surface area contributed by atoms with E-state index in [0.29, 0.717) is 31.5 Å². The van der Waals surface area contributed by atoms with Crippen LogP contribution >= 0.6 is 0 Å². The van der Waals surface area contributed by atoms with Crippen LogP contribution in [0.15, 0.2) is 47.8 Å². The average molecular weight is 661 g/mol. The van der Waals surface area contributed by atoms with E-state index in [-0.39, 0.29) is 0 Å². The number of carbonyl (C=O) groups is 1. The highest BCUT2D eigenvalue weighted by molar-refractivity contribution is 5.39. The molecule has 14 nitrogen and oxygen atoms in total. The summed E-state index contributed by atoms with van der Waals surface area (Å²) in [6.07, 6.45) is -6.19. The van der Waals surface area contributed by atoms with Crippen LogP contribution in [0, 0.1) is 0 Å². The van der Waals surface area contributed by atoms with E-state index in [2.05, 4.69) is 11.3 Å². The highest BCUT2D eigenvalue weighted by atomic mass is 16.8. The van der Waals surface area contributed by atoms with Crippen LogP contribution in [-0.4, -0.2) is 134 Å². The van der Waals surface area contributed by atoms with E-state index >= 15 is 0 Å². The topological polar surface area (TPSA) is 225 Å². The Balaban J connectivity index is 2.05. The van der Waals surface area contributed by atoms with E-state index in [9.17, 15) is 45.6 Å². The summed E-state index contributed by atoms with van der Waals surface area (Å²) in [5.41, 5.74) is 1.05. The van der Waals surface area contributed by atoms with E-state index in [4.69, 9.17) is 18.9 Å². The molecular weight excluding hydrogens is 608 g/mol. The largest absolute Gasteiger partial charge is 0.434 e. The van der Waals surface area contributed by atoms with Crippen molar-refractivity contribution in [1.82, 2.24) is 0 Å². The summed E-state index contributed by atoms with van der Waals surface area (Å²) in [7, 11) is 0. The number of aliphatic hydroxyl groups excluding tert-OH is 8. The first kappa shape index (κ1) is 40.1. The minimum Gasteiger partial charge on any atom is -0.434 e. The van der Waals surface area contributed by atoms with Crippen molar-refractivity contribution in [3.05, 3.63) is 47.8 Å². The molecular formula is C32H52O14. The summed E-state index contributed by atoms with van der Waals surface area (Å²) < 4.78 is 27.8. The smallest absolute Gasteiger partial charge is 0.298 e. The quantitative estimate of drug-likeness (QED) is 0.0544. The van der Waals surface area contributed by atoms with Crippen molar-refractivity contribution < 1.29 is 69.3 Å². The molecule has 0 aromatic heterocycles. The number of hydrogen-bond acceptors (Lipinski definition) is 14. The Morgan fingerprint density at radius 2 is 1.46 bits per heavy atom. The third kappa shape index (κ3) is 11.6. The highest BCUT2D eigenvalue weighted by Gasteiger charge is 2.51. The molecule has 2 rings (SSSR count). The van der Waals surface area contributed by atoms with Gasteiger partial charge in [0.1, 0.15) is 54.6 Å². The Hall–Kier alpha value is -2.05. The van der Waals surface area contributed by atoms with Crippen molar-refractivity contribution in [2.24, 2.45) is 0 Å². The molecule has 8 N–H and O–H groups in total. The molecule has 0 aliphatic carbocycles. The molecule has 0 bridgehead atoms. The van der Waals surface area contributed by atoms with E-state index in [1.807, 2.05) is 26.0 Å². The third-order valence-corrected chi connectivity index (χ3v) is 8.14. The van der Waals surface area contributed by atoms with Crippen molar-refractivity contribution in [3.63, 3.8) is 0 Å². The van der Waals surface area contributed by atoms with Crippen molar-refractivity contribution in [2.45, 2.75) is 133 Å². The second-order valence-corrected chi connectivity index (χ2v) is 12.1. The van der Waals surface area contributed by atoms with Gasteiger partial charge in [-0.05, 0) is 65.9 Å². The molecule has 264 valence electrons. The molecule has 0 saturated carbocycles. The van der Waals surface area contributed by atoms with Crippen LogP contribution in [0.5, 0.6) is 0 Å². The molecule has 2 aliphatic heterocycles. The molecule has 0 amide bonds. The van der Waals surface area contributed by atoms with Gasteiger partial charge >= 0.3 is 0 Å². The standard InChI is InChI=1S/C32H52O14/c1-6-32(5,12-8-11-18(2)9-7-10-19(3)13-21(36)14-20(4)42-17-35)46-31-29(27(40)25(38)23(16-34)44-31)45-30-28(41)26(39)24(37)22(15-33)43-30/h6,10-11,14,17,21-31,33-34,36-41H,1,7-9,12-13,15-16H2,2-5H3/t21?,22?,23?,24-,25-,26+,27+,28?,29?,30+,31+,32-/m1/s1. The summed E-state index contributed by atoms with van der Waals surface area (Å²) in [5.74, 6) is 0.332. The van der Waals surface area contributed by atoms with Crippen LogP contribution < -0.4 is 0 Å². The van der Waals surface area contributed by atoms with Gasteiger partial charge in [-0.1, -0.05) is 29.4 Å². The molecule has 2 heterocycles. The molecule has 5 unspecified atom stereocenters. The number of aliphatic hydroxyl groups is 8. The summed E-state index contributed by atoms with van der Waals surface area (Å²) in [6, 6.07) is 0. The van der Waals surface area contributed by atoms with Gasteiger partial charge in [-0.2, -0.15) is 0 Å². The molecule has 0 spiro atoms. The SMILES string of the molecule is C=C[C@](C)(CCC=C(C)CCC=C(C)CC(O)C=C(C)OC=O)O[C@@H]1OC(CO)[C@@H](O)[C@H](O)C1O[C@@H]1OC(CO)[C@@H](O)[C@H](O)C1O. The van der Waals surface area contributed by atoms with Gasteiger partial charge < -0.3 is 64.5 Å². The normalized spacial score (nSPS) is 34.9. The first-order valence-corrected chi connectivity index (χ1v) is 15.4. The Morgan fingerprint density at radius 1 is 0.870 bits per heavy atom. The monoisotopic (exact) mass is 660 g/mol. The minimum absolute atomic E-state index is 0.311. The molecule has 14 heteroatoms. The molecule has 46 heavy (non-hydrogen) atoms. The maximum absolute atomic E-state index is 10.9. The second-order valence-electron chi connectivity index (χ2n) is 12.1. The van der Waals surface area contributed by atoms with E-state index in [0.717, 1.165) is 24.0 Å². The maximum Gasteiger partial charge on any atom is 0.298 e. The molecule has 0 aromatic rings. The van der Waals surface area contributed by atoms with Gasteiger partial charge in [0.2, 0.25) is 0 Å². The van der Waals surface area contributed by atoms with Crippen LogP contribution in [0.3, 0.4) is 0 Å². The predicted octanol–water partition coefficient (Wildman–Crippen LogP) is -0.147. The Kier molecular flexibility index (Phi) is 16.6. The first-order chi connectivity index (χ1) is 21.7. The van der Waals surface area contributed by atoms with Crippen LogP contribution in [-0.2, 0) is 28.5 Å². The number of allylic oxidation sites excluding steroid dienone is 4. The zero-order chi connectivity index (χ0) is 34.6. The summed E-state index contributed by atoms with van der Waals surface area (Å²) >= 11 is 0. The van der Waals surface area contributed by atoms with E-state index in [1.54, 1.807) is 19.9 Å². The van der Waals surface area contributed by atoms with Gasteiger partial charge in [0.25, 0.3) is 6.47 Å². The molecule has 0 radical (unpaired) electrons. The van der Waals surface area contributed by atoms with Crippen molar-refractivity contribution in [2.75, 3.05) is 13.2 Å².